The van der Waals surface area contributed by atoms with Crippen LogP contribution in [-0.2, 0) is 0 Å². The predicted octanol–water partition coefficient (Wildman–Crippen LogP) is 9.03. The van der Waals surface area contributed by atoms with Gasteiger partial charge in [0.05, 0.1) is 22.3 Å². The molecule has 0 unspecified atom stereocenters. The van der Waals surface area contributed by atoms with Crippen molar-refractivity contribution >= 4 is 23.9 Å². The molecule has 8 nitrogen and oxygen atoms in total. The highest BCUT2D eigenvalue weighted by atomic mass is 16.6. The van der Waals surface area contributed by atoms with Gasteiger partial charge in [-0.15, -0.1) is 0 Å². The van der Waals surface area contributed by atoms with Gasteiger partial charge in [-0.25, -0.2) is 19.2 Å². The van der Waals surface area contributed by atoms with Crippen LogP contribution in [0.2, 0.25) is 0 Å². The molecule has 50 heavy (non-hydrogen) atoms. The Morgan fingerprint density at radius 2 is 0.580 bits per heavy atom. The second kappa shape index (κ2) is 14.6. The molecule has 5 rings (SSSR count). The van der Waals surface area contributed by atoms with Gasteiger partial charge in [0.1, 0.15) is 23.0 Å². The van der Waals surface area contributed by atoms with Crippen LogP contribution in [0.25, 0.3) is 0 Å². The van der Waals surface area contributed by atoms with Crippen molar-refractivity contribution in [2.75, 3.05) is 0 Å². The maximum atomic E-state index is 14.3. The van der Waals surface area contributed by atoms with Crippen molar-refractivity contribution in [3.63, 3.8) is 0 Å². The number of aryl methyl sites for hydroxylation is 4. The first kappa shape index (κ1) is 35.3. The number of carbonyl (C=O) groups excluding carboxylic acids is 4. The summed E-state index contributed by atoms with van der Waals surface area (Å²) in [5.74, 6) is -3.07. The lowest BCUT2D eigenvalue weighted by Crippen LogP contribution is -2.27. The number of esters is 4. The smallest absolute Gasteiger partial charge is 0.345 e. The lowest BCUT2D eigenvalue weighted by atomic mass is 9.95. The second-order valence-corrected chi connectivity index (χ2v) is 12.3. The van der Waals surface area contributed by atoms with Gasteiger partial charge in [-0.05, 0) is 136 Å². The third-order valence-corrected chi connectivity index (χ3v) is 9.08. The maximum absolute atomic E-state index is 14.3. The molecule has 0 aliphatic rings. The Morgan fingerprint density at radius 3 is 0.840 bits per heavy atom. The van der Waals surface area contributed by atoms with E-state index in [0.29, 0.717) is 22.3 Å². The highest BCUT2D eigenvalue weighted by Crippen LogP contribution is 2.31. The lowest BCUT2D eigenvalue weighted by Gasteiger charge is -2.18. The number of carbonyl (C=O) groups is 4. The Bertz CT molecular complexity index is 2020. The summed E-state index contributed by atoms with van der Waals surface area (Å²) < 4.78 is 23.3. The Labute approximate surface area is 291 Å². The summed E-state index contributed by atoms with van der Waals surface area (Å²) in [4.78, 5) is 56.6. The normalized spacial score (nSPS) is 10.7. The molecule has 0 fully saturated rings. The largest absolute Gasteiger partial charge is 0.423 e. The van der Waals surface area contributed by atoms with Crippen LogP contribution in [0.3, 0.4) is 0 Å². The minimum Gasteiger partial charge on any atom is -0.423 e. The SMILES string of the molecule is Cc1cccc(OC(=O)c2ccc(C(=O)Oc3cccc(C)c3C)c(C(=O)Oc3cccc(C)c3C)c2C(=O)Oc2cccc(C)c2C)c1C. The molecule has 0 heterocycles. The zero-order valence-electron chi connectivity index (χ0n) is 29.3. The molecule has 0 aliphatic heterocycles. The molecule has 0 N–H and O–H groups in total. The molecule has 0 aliphatic carbocycles. The second-order valence-electron chi connectivity index (χ2n) is 12.3. The van der Waals surface area contributed by atoms with Crippen LogP contribution in [0.1, 0.15) is 85.9 Å². The van der Waals surface area contributed by atoms with Gasteiger partial charge in [0.15, 0.2) is 0 Å². The van der Waals surface area contributed by atoms with E-state index in [9.17, 15) is 19.2 Å². The van der Waals surface area contributed by atoms with Crippen molar-refractivity contribution in [1.29, 1.82) is 0 Å². The molecule has 0 radical (unpaired) electrons. The van der Waals surface area contributed by atoms with Crippen molar-refractivity contribution < 1.29 is 38.1 Å². The molecule has 0 saturated heterocycles. The third-order valence-electron chi connectivity index (χ3n) is 9.08. The first-order chi connectivity index (χ1) is 23.8. The molecule has 0 saturated carbocycles. The van der Waals surface area contributed by atoms with Gasteiger partial charge in [0, 0.05) is 0 Å². The van der Waals surface area contributed by atoms with Gasteiger partial charge in [-0.2, -0.15) is 0 Å². The number of ether oxygens (including phenoxy) is 4. The van der Waals surface area contributed by atoms with Crippen LogP contribution < -0.4 is 18.9 Å². The number of rotatable bonds is 8. The van der Waals surface area contributed by atoms with E-state index >= 15 is 0 Å². The van der Waals surface area contributed by atoms with Crippen LogP contribution in [0, 0.1) is 55.4 Å². The Balaban J connectivity index is 1.73. The molecule has 0 aromatic heterocycles. The van der Waals surface area contributed by atoms with E-state index in [1.54, 1.807) is 76.2 Å². The fraction of sp³-hybridized carbons (Fsp3) is 0.190. The number of benzene rings is 5. The average molecular weight is 671 g/mol. The van der Waals surface area contributed by atoms with Crippen LogP contribution in [0.5, 0.6) is 23.0 Å². The molecule has 0 atom stereocenters. The highest BCUT2D eigenvalue weighted by molar-refractivity contribution is 6.16. The fourth-order valence-electron chi connectivity index (χ4n) is 5.32. The summed E-state index contributed by atoms with van der Waals surface area (Å²) in [6.07, 6.45) is 0. The molecule has 5 aromatic carbocycles. The van der Waals surface area contributed by atoms with Gasteiger partial charge in [0.2, 0.25) is 0 Å². The van der Waals surface area contributed by atoms with Gasteiger partial charge < -0.3 is 18.9 Å². The quantitative estimate of drug-likeness (QED) is 0.119. The van der Waals surface area contributed by atoms with Crippen molar-refractivity contribution in [2.45, 2.75) is 55.4 Å². The summed E-state index contributed by atoms with van der Waals surface area (Å²) in [5.41, 5.74) is 4.60. The Hall–Kier alpha value is -6.02. The average Bonchev–Trinajstić information content (AvgIpc) is 3.08. The third kappa shape index (κ3) is 7.20. The molecule has 0 bridgehead atoms. The summed E-state index contributed by atoms with van der Waals surface area (Å²) in [6.45, 7) is 14.6. The van der Waals surface area contributed by atoms with Crippen LogP contribution in [0.15, 0.2) is 84.9 Å². The van der Waals surface area contributed by atoms with Crippen molar-refractivity contribution in [2.24, 2.45) is 0 Å². The van der Waals surface area contributed by atoms with Crippen molar-refractivity contribution in [3.8, 4) is 23.0 Å². The first-order valence-electron chi connectivity index (χ1n) is 16.1. The topological polar surface area (TPSA) is 105 Å². The van der Waals surface area contributed by atoms with Crippen molar-refractivity contribution in [3.05, 3.63) is 152 Å². The zero-order valence-corrected chi connectivity index (χ0v) is 29.3. The first-order valence-corrected chi connectivity index (χ1v) is 16.1. The fourth-order valence-corrected chi connectivity index (χ4v) is 5.32. The maximum Gasteiger partial charge on any atom is 0.345 e. The van der Waals surface area contributed by atoms with Crippen molar-refractivity contribution in [1.82, 2.24) is 0 Å². The van der Waals surface area contributed by atoms with E-state index in [1.165, 1.54) is 12.1 Å². The van der Waals surface area contributed by atoms with Gasteiger partial charge in [-0.3, -0.25) is 0 Å². The van der Waals surface area contributed by atoms with E-state index in [-0.39, 0.29) is 34.1 Å². The van der Waals surface area contributed by atoms with Gasteiger partial charge in [-0.1, -0.05) is 48.5 Å². The van der Waals surface area contributed by atoms with E-state index in [2.05, 4.69) is 0 Å². The monoisotopic (exact) mass is 670 g/mol. The van der Waals surface area contributed by atoms with Gasteiger partial charge >= 0.3 is 23.9 Å². The molecular weight excluding hydrogens is 632 g/mol. The molecule has 0 amide bonds. The Kier molecular flexibility index (Phi) is 10.3. The van der Waals surface area contributed by atoms with E-state index in [4.69, 9.17) is 18.9 Å². The van der Waals surface area contributed by atoms with Crippen LogP contribution >= 0.6 is 0 Å². The van der Waals surface area contributed by atoms with Crippen LogP contribution in [-0.4, -0.2) is 23.9 Å². The van der Waals surface area contributed by atoms with E-state index < -0.39 is 35.0 Å². The molecule has 254 valence electrons. The van der Waals surface area contributed by atoms with E-state index in [0.717, 1.165) is 22.3 Å². The van der Waals surface area contributed by atoms with E-state index in [1.807, 2.05) is 52.0 Å². The number of hydrogen-bond donors (Lipinski definition) is 0. The molecule has 8 heteroatoms. The summed E-state index contributed by atoms with van der Waals surface area (Å²) >= 11 is 0. The minimum atomic E-state index is -1.07. The molecular formula is C42H38O8. The lowest BCUT2D eigenvalue weighted by molar-refractivity contribution is 0.0660. The predicted molar refractivity (Wildman–Crippen MR) is 190 cm³/mol. The summed E-state index contributed by atoms with van der Waals surface area (Å²) in [5, 5.41) is 0. The highest BCUT2D eigenvalue weighted by Gasteiger charge is 2.34. The zero-order chi connectivity index (χ0) is 36.3. The molecule has 0 spiro atoms. The summed E-state index contributed by atoms with van der Waals surface area (Å²) in [7, 11) is 0. The standard InChI is InChI=1S/C42H38O8/c1-23-13-9-17-33(27(23)5)47-39(43)31-21-22-32(40(44)48-34-18-10-14-24(2)28(34)6)38(42(46)50-36-20-12-16-26(4)30(36)8)37(31)41(45)49-35-19-11-15-25(3)29(35)7/h9-22H,1-8H3. The Morgan fingerprint density at radius 1 is 0.340 bits per heavy atom. The number of hydrogen-bond acceptors (Lipinski definition) is 8. The minimum absolute atomic E-state index is 0.209. The van der Waals surface area contributed by atoms with Gasteiger partial charge in [0.25, 0.3) is 0 Å². The molecule has 5 aromatic rings. The summed E-state index contributed by atoms with van der Waals surface area (Å²) in [6, 6.07) is 23.3. The van der Waals surface area contributed by atoms with Crippen LogP contribution in [0.4, 0.5) is 0 Å².